The molecule has 0 saturated carbocycles. The predicted molar refractivity (Wildman–Crippen MR) is 56.9 cm³/mol. The van der Waals surface area contributed by atoms with Gasteiger partial charge in [-0.2, -0.15) is 0 Å². The van der Waals surface area contributed by atoms with Gasteiger partial charge in [-0.1, -0.05) is 0 Å². The van der Waals surface area contributed by atoms with Gasteiger partial charge in [0, 0.05) is 7.05 Å². The van der Waals surface area contributed by atoms with Crippen LogP contribution in [0.3, 0.4) is 0 Å². The molecule has 0 fully saturated rings. The van der Waals surface area contributed by atoms with E-state index in [0.717, 1.165) is 0 Å². The molecule has 0 saturated heterocycles. The van der Waals surface area contributed by atoms with Gasteiger partial charge >= 0.3 is 5.97 Å². The number of anilines is 1. The fraction of sp³-hybridized carbons (Fsp3) is 0.444. The number of carboxylic acid groups (broad SMARTS) is 1. The van der Waals surface area contributed by atoms with Gasteiger partial charge in [0.25, 0.3) is 5.56 Å². The maximum Gasteiger partial charge on any atom is 0.326 e. The smallest absolute Gasteiger partial charge is 0.326 e. The Bertz CT molecular complexity index is 443. The first kappa shape index (κ1) is 12.0. The number of H-pyrrole nitrogens is 1. The van der Waals surface area contributed by atoms with Crippen molar-refractivity contribution in [2.24, 2.45) is 0 Å². The Labute approximate surface area is 91.7 Å². The second-order valence-electron chi connectivity index (χ2n) is 3.21. The molecule has 7 nitrogen and oxygen atoms in total. The van der Waals surface area contributed by atoms with Crippen molar-refractivity contribution in [3.63, 3.8) is 0 Å². The third-order valence-electron chi connectivity index (χ3n) is 2.27. The molecule has 0 radical (unpaired) electrons. The van der Waals surface area contributed by atoms with Crippen molar-refractivity contribution in [3.05, 3.63) is 16.7 Å². The summed E-state index contributed by atoms with van der Waals surface area (Å²) in [4.78, 5) is 29.8. The molecule has 0 bridgehead atoms. The second-order valence-corrected chi connectivity index (χ2v) is 3.21. The summed E-state index contributed by atoms with van der Waals surface area (Å²) in [5, 5.41) is 8.85. The zero-order valence-electron chi connectivity index (χ0n) is 9.22. The molecular formula is C9H13N3O4. The van der Waals surface area contributed by atoms with E-state index in [4.69, 9.17) is 9.84 Å². The molecule has 16 heavy (non-hydrogen) atoms. The summed E-state index contributed by atoms with van der Waals surface area (Å²) >= 11 is 0. The predicted octanol–water partition coefficient (Wildman–Crippen LogP) is -0.312. The van der Waals surface area contributed by atoms with Gasteiger partial charge in [0.05, 0.1) is 13.4 Å². The van der Waals surface area contributed by atoms with Crippen molar-refractivity contribution >= 4 is 11.8 Å². The van der Waals surface area contributed by atoms with E-state index in [1.807, 2.05) is 0 Å². The number of carboxylic acids is 1. The topological polar surface area (TPSA) is 95.5 Å². The van der Waals surface area contributed by atoms with E-state index in [-0.39, 0.29) is 11.6 Å². The van der Waals surface area contributed by atoms with Crippen LogP contribution in [0.15, 0.2) is 11.1 Å². The lowest BCUT2D eigenvalue weighted by atomic mass is 10.3. The quantitative estimate of drug-likeness (QED) is 0.732. The first-order valence-electron chi connectivity index (χ1n) is 4.56. The molecule has 0 aliphatic heterocycles. The van der Waals surface area contributed by atoms with Gasteiger partial charge in [-0.25, -0.2) is 9.78 Å². The molecule has 0 amide bonds. The van der Waals surface area contributed by atoms with Crippen molar-refractivity contribution in [3.8, 4) is 5.75 Å². The number of aromatic nitrogens is 2. The van der Waals surface area contributed by atoms with E-state index in [1.54, 1.807) is 0 Å². The average Bonchev–Trinajstić information content (AvgIpc) is 2.26. The Balaban J connectivity index is 3.18. The van der Waals surface area contributed by atoms with Crippen molar-refractivity contribution < 1.29 is 14.6 Å². The van der Waals surface area contributed by atoms with E-state index in [2.05, 4.69) is 9.97 Å². The Kier molecular flexibility index (Phi) is 3.49. The van der Waals surface area contributed by atoms with Crippen molar-refractivity contribution in [1.82, 2.24) is 9.97 Å². The highest BCUT2D eigenvalue weighted by atomic mass is 16.5. The van der Waals surface area contributed by atoms with Gasteiger partial charge in [0.1, 0.15) is 6.04 Å². The highest BCUT2D eigenvalue weighted by Crippen LogP contribution is 2.20. The zero-order valence-corrected chi connectivity index (χ0v) is 9.22. The number of methoxy groups -OCH3 is 1. The summed E-state index contributed by atoms with van der Waals surface area (Å²) in [5.74, 6) is -0.814. The third-order valence-corrected chi connectivity index (χ3v) is 2.27. The van der Waals surface area contributed by atoms with Crippen molar-refractivity contribution in [1.29, 1.82) is 0 Å². The minimum absolute atomic E-state index is 0.00176. The molecule has 88 valence electrons. The van der Waals surface area contributed by atoms with Crippen LogP contribution in [0.1, 0.15) is 6.92 Å². The summed E-state index contributed by atoms with van der Waals surface area (Å²) in [6.07, 6.45) is 1.20. The molecule has 7 heteroatoms. The van der Waals surface area contributed by atoms with E-state index in [9.17, 15) is 9.59 Å². The number of hydrogen-bond acceptors (Lipinski definition) is 5. The molecule has 1 atom stereocenters. The normalized spacial score (nSPS) is 11.9. The maximum atomic E-state index is 11.4. The van der Waals surface area contributed by atoms with Gasteiger partial charge in [-0.3, -0.25) is 4.79 Å². The number of likely N-dealkylation sites (N-methyl/N-ethyl adjacent to an activating group) is 1. The van der Waals surface area contributed by atoms with Gasteiger partial charge < -0.3 is 19.7 Å². The highest BCUT2D eigenvalue weighted by Gasteiger charge is 2.22. The molecule has 0 spiro atoms. The first-order chi connectivity index (χ1) is 7.49. The third kappa shape index (κ3) is 2.13. The van der Waals surface area contributed by atoms with Crippen molar-refractivity contribution in [2.45, 2.75) is 13.0 Å². The summed E-state index contributed by atoms with van der Waals surface area (Å²) in [6, 6.07) is -0.803. The van der Waals surface area contributed by atoms with Gasteiger partial charge in [-0.15, -0.1) is 0 Å². The molecular weight excluding hydrogens is 214 g/mol. The van der Waals surface area contributed by atoms with Gasteiger partial charge in [-0.05, 0) is 6.92 Å². The molecule has 1 aromatic heterocycles. The van der Waals surface area contributed by atoms with Crippen LogP contribution >= 0.6 is 0 Å². The lowest BCUT2D eigenvalue weighted by Crippen LogP contribution is -2.37. The Hall–Kier alpha value is -2.05. The van der Waals surface area contributed by atoms with Crippen LogP contribution < -0.4 is 15.2 Å². The minimum Gasteiger partial charge on any atom is -0.489 e. The number of hydrogen-bond donors (Lipinski definition) is 2. The summed E-state index contributed by atoms with van der Waals surface area (Å²) in [5.41, 5.74) is -0.447. The number of nitrogens with one attached hydrogen (secondary N) is 1. The maximum absolute atomic E-state index is 11.4. The minimum atomic E-state index is -1.01. The summed E-state index contributed by atoms with van der Waals surface area (Å²) in [6.45, 7) is 1.49. The van der Waals surface area contributed by atoms with E-state index >= 15 is 0 Å². The Morgan fingerprint density at radius 1 is 1.69 bits per heavy atom. The molecule has 1 aromatic rings. The Morgan fingerprint density at radius 2 is 2.31 bits per heavy atom. The Morgan fingerprint density at radius 3 is 2.81 bits per heavy atom. The number of aliphatic carboxylic acids is 1. The van der Waals surface area contributed by atoms with Crippen LogP contribution in [0.25, 0.3) is 0 Å². The number of carbonyl (C=O) groups is 1. The SMILES string of the molecule is COc1c(N(C)C(C)C(=O)O)nc[nH]c1=O. The van der Waals surface area contributed by atoms with E-state index < -0.39 is 17.6 Å². The highest BCUT2D eigenvalue weighted by molar-refractivity contribution is 5.77. The summed E-state index contributed by atoms with van der Waals surface area (Å²) in [7, 11) is 2.86. The molecule has 1 heterocycles. The number of aromatic amines is 1. The standard InChI is InChI=1S/C9H13N3O4/c1-5(9(14)15)12(2)7-6(16-3)8(13)11-4-10-7/h4-5H,1-3H3,(H,14,15)(H,10,11,13). The van der Waals surface area contributed by atoms with Crippen LogP contribution in [0.4, 0.5) is 5.82 Å². The lowest BCUT2D eigenvalue weighted by Gasteiger charge is -2.23. The lowest BCUT2D eigenvalue weighted by molar-refractivity contribution is -0.138. The molecule has 1 unspecified atom stereocenters. The number of rotatable bonds is 4. The van der Waals surface area contributed by atoms with E-state index in [0.29, 0.717) is 0 Å². The zero-order chi connectivity index (χ0) is 12.3. The fourth-order valence-electron chi connectivity index (χ4n) is 1.16. The monoisotopic (exact) mass is 227 g/mol. The molecule has 1 rings (SSSR count). The van der Waals surface area contributed by atoms with Gasteiger partial charge in [0.2, 0.25) is 5.75 Å². The van der Waals surface area contributed by atoms with Crippen LogP contribution in [0, 0.1) is 0 Å². The van der Waals surface area contributed by atoms with E-state index in [1.165, 1.54) is 32.3 Å². The average molecular weight is 227 g/mol. The molecule has 2 N–H and O–H groups in total. The first-order valence-corrected chi connectivity index (χ1v) is 4.56. The van der Waals surface area contributed by atoms with Crippen LogP contribution in [0.5, 0.6) is 5.75 Å². The van der Waals surface area contributed by atoms with Crippen LogP contribution in [-0.2, 0) is 4.79 Å². The van der Waals surface area contributed by atoms with Crippen molar-refractivity contribution in [2.75, 3.05) is 19.1 Å². The molecule has 0 aromatic carbocycles. The van der Waals surface area contributed by atoms with Gasteiger partial charge in [0.15, 0.2) is 5.82 Å². The fourth-order valence-corrected chi connectivity index (χ4v) is 1.16. The van der Waals surface area contributed by atoms with Crippen LogP contribution in [0.2, 0.25) is 0 Å². The number of nitrogens with zero attached hydrogens (tertiary/aromatic N) is 2. The number of ether oxygens (including phenoxy) is 1. The second kappa shape index (κ2) is 4.65. The van der Waals surface area contributed by atoms with Crippen LogP contribution in [-0.4, -0.2) is 41.2 Å². The largest absolute Gasteiger partial charge is 0.489 e. The molecule has 0 aliphatic carbocycles. The molecule has 0 aliphatic rings. The summed E-state index contributed by atoms with van der Waals surface area (Å²) < 4.78 is 4.89.